The normalized spacial score (nSPS) is 18.3. The molecule has 0 radical (unpaired) electrons. The average molecular weight is 266 g/mol. The number of carbonyl (C=O) groups excluding carboxylic acids is 1. The summed E-state index contributed by atoms with van der Waals surface area (Å²) in [7, 11) is 2.13. The first-order chi connectivity index (χ1) is 9.02. The first-order valence-corrected chi connectivity index (χ1v) is 5.99. The molecule has 0 aliphatic carbocycles. The van der Waals surface area contributed by atoms with Crippen molar-refractivity contribution in [2.45, 2.75) is 12.3 Å². The lowest BCUT2D eigenvalue weighted by Gasteiger charge is -2.10. The lowest BCUT2D eigenvalue weighted by Crippen LogP contribution is -2.22. The Hall–Kier alpha value is -1.95. The van der Waals surface area contributed by atoms with Crippen LogP contribution in [0.2, 0.25) is 0 Å². The van der Waals surface area contributed by atoms with Crippen LogP contribution >= 0.6 is 0 Å². The van der Waals surface area contributed by atoms with Crippen LogP contribution in [0.5, 0.6) is 0 Å². The second kappa shape index (κ2) is 7.48. The Labute approximate surface area is 112 Å². The molecule has 5 nitrogen and oxygen atoms in total. The van der Waals surface area contributed by atoms with Gasteiger partial charge in [-0.05, 0) is 43.6 Å². The maximum Gasteiger partial charge on any atom is 0.236 e. The molecular weight excluding hydrogens is 247 g/mol. The summed E-state index contributed by atoms with van der Waals surface area (Å²) < 4.78 is 12.6. The Morgan fingerprint density at radius 2 is 2.05 bits per heavy atom. The fourth-order valence-electron chi connectivity index (χ4n) is 2.00. The molecule has 1 heterocycles. The van der Waals surface area contributed by atoms with E-state index in [0.717, 1.165) is 13.1 Å². The number of halogens is 1. The minimum atomic E-state index is -0.204. The lowest BCUT2D eigenvalue weighted by molar-refractivity contribution is -0.106. The van der Waals surface area contributed by atoms with Gasteiger partial charge in [-0.1, -0.05) is 12.1 Å². The number of nitrogens with two attached hydrogens (primary N) is 2. The minimum absolute atomic E-state index is 0.143. The zero-order valence-corrected chi connectivity index (χ0v) is 10.9. The van der Waals surface area contributed by atoms with Crippen LogP contribution in [-0.2, 0) is 4.79 Å². The molecule has 19 heavy (non-hydrogen) atoms. The number of rotatable bonds is 2. The molecular formula is C13H19FN4O. The highest BCUT2D eigenvalue weighted by atomic mass is 19.1. The van der Waals surface area contributed by atoms with Crippen molar-refractivity contribution in [3.63, 3.8) is 0 Å². The van der Waals surface area contributed by atoms with Gasteiger partial charge in [-0.3, -0.25) is 4.79 Å². The van der Waals surface area contributed by atoms with E-state index in [1.807, 2.05) is 12.1 Å². The van der Waals surface area contributed by atoms with Gasteiger partial charge in [0.15, 0.2) is 5.96 Å². The molecule has 0 bridgehead atoms. The lowest BCUT2D eigenvalue weighted by atomic mass is 9.99. The van der Waals surface area contributed by atoms with E-state index in [0.29, 0.717) is 5.92 Å². The van der Waals surface area contributed by atoms with E-state index in [1.54, 1.807) is 12.1 Å². The summed E-state index contributed by atoms with van der Waals surface area (Å²) >= 11 is 0. The number of benzene rings is 1. The van der Waals surface area contributed by atoms with Crippen LogP contribution < -0.4 is 11.5 Å². The number of aliphatic imine (C=N–C) groups is 1. The molecule has 1 aliphatic rings. The molecule has 1 amide bonds. The molecule has 0 aromatic heterocycles. The third-order valence-corrected chi connectivity index (χ3v) is 2.93. The summed E-state index contributed by atoms with van der Waals surface area (Å²) in [6, 6.07) is 6.90. The summed E-state index contributed by atoms with van der Waals surface area (Å²) in [5, 5.41) is 0. The number of amides is 1. The van der Waals surface area contributed by atoms with Crippen LogP contribution in [0.3, 0.4) is 0 Å². The van der Waals surface area contributed by atoms with E-state index in [2.05, 4.69) is 16.9 Å². The van der Waals surface area contributed by atoms with E-state index in [-0.39, 0.29) is 18.2 Å². The van der Waals surface area contributed by atoms with Crippen molar-refractivity contribution >= 4 is 12.4 Å². The van der Waals surface area contributed by atoms with E-state index >= 15 is 0 Å². The largest absolute Gasteiger partial charge is 0.370 e. The first kappa shape index (κ1) is 15.1. The number of likely N-dealkylation sites (N-methyl/N-ethyl adjacent to an activating group) is 1. The molecule has 0 spiro atoms. The maximum atomic E-state index is 12.6. The molecule has 2 rings (SSSR count). The Morgan fingerprint density at radius 3 is 2.42 bits per heavy atom. The third kappa shape index (κ3) is 5.48. The van der Waals surface area contributed by atoms with Gasteiger partial charge in [-0.15, -0.1) is 0 Å². The van der Waals surface area contributed by atoms with Crippen molar-refractivity contribution in [2.24, 2.45) is 16.5 Å². The SMILES string of the molecule is CN1CCC(c2ccc(F)cc2)C1.NC(N)=NC=O. The summed E-state index contributed by atoms with van der Waals surface area (Å²) in [5.74, 6) is 0.255. The maximum absolute atomic E-state index is 12.6. The third-order valence-electron chi connectivity index (χ3n) is 2.93. The van der Waals surface area contributed by atoms with Crippen molar-refractivity contribution in [2.75, 3.05) is 20.1 Å². The van der Waals surface area contributed by atoms with Crippen LogP contribution in [0.1, 0.15) is 17.9 Å². The molecule has 1 aromatic carbocycles. The second-order valence-electron chi connectivity index (χ2n) is 4.46. The van der Waals surface area contributed by atoms with Gasteiger partial charge in [0.25, 0.3) is 0 Å². The Morgan fingerprint density at radius 1 is 1.42 bits per heavy atom. The monoisotopic (exact) mass is 266 g/mol. The average Bonchev–Trinajstić information content (AvgIpc) is 2.77. The molecule has 1 aliphatic heterocycles. The van der Waals surface area contributed by atoms with E-state index in [9.17, 15) is 9.18 Å². The van der Waals surface area contributed by atoms with Crippen LogP contribution in [0.15, 0.2) is 29.3 Å². The quantitative estimate of drug-likeness (QED) is 0.468. The van der Waals surface area contributed by atoms with Crippen LogP contribution in [-0.4, -0.2) is 37.4 Å². The highest BCUT2D eigenvalue weighted by molar-refractivity contribution is 5.82. The highest BCUT2D eigenvalue weighted by Gasteiger charge is 2.20. The fraction of sp³-hybridized carbons (Fsp3) is 0.385. The van der Waals surface area contributed by atoms with Gasteiger partial charge in [0.2, 0.25) is 6.41 Å². The second-order valence-corrected chi connectivity index (χ2v) is 4.46. The van der Waals surface area contributed by atoms with Crippen molar-refractivity contribution in [1.29, 1.82) is 0 Å². The van der Waals surface area contributed by atoms with E-state index < -0.39 is 0 Å². The van der Waals surface area contributed by atoms with Crippen LogP contribution in [0.25, 0.3) is 0 Å². The number of hydrogen-bond acceptors (Lipinski definition) is 2. The van der Waals surface area contributed by atoms with Gasteiger partial charge in [0.1, 0.15) is 5.82 Å². The topological polar surface area (TPSA) is 84.7 Å². The Bertz CT molecular complexity index is 429. The summed E-state index contributed by atoms with van der Waals surface area (Å²) in [6.07, 6.45) is 1.48. The number of likely N-dealkylation sites (tertiary alicyclic amines) is 1. The van der Waals surface area contributed by atoms with Gasteiger partial charge >= 0.3 is 0 Å². The smallest absolute Gasteiger partial charge is 0.236 e. The van der Waals surface area contributed by atoms with Crippen molar-refractivity contribution < 1.29 is 9.18 Å². The van der Waals surface area contributed by atoms with E-state index in [1.165, 1.54) is 12.0 Å². The molecule has 4 N–H and O–H groups in total. The van der Waals surface area contributed by atoms with Gasteiger partial charge in [-0.2, -0.15) is 4.99 Å². The van der Waals surface area contributed by atoms with Gasteiger partial charge < -0.3 is 16.4 Å². The van der Waals surface area contributed by atoms with Gasteiger partial charge in [0, 0.05) is 6.54 Å². The standard InChI is InChI=1S/C11H14FN.C2H5N3O/c1-13-7-6-10(8-13)9-2-4-11(12)5-3-9;3-2(4)5-1-6/h2-5,10H,6-8H2,1H3;1H,(H4,3,4,5,6). The summed E-state index contributed by atoms with van der Waals surface area (Å²) in [4.78, 5) is 14.5. The van der Waals surface area contributed by atoms with Gasteiger partial charge in [0.05, 0.1) is 0 Å². The molecule has 104 valence electrons. The summed E-state index contributed by atoms with van der Waals surface area (Å²) in [5.41, 5.74) is 10.7. The van der Waals surface area contributed by atoms with Crippen LogP contribution in [0.4, 0.5) is 4.39 Å². The number of hydrogen-bond donors (Lipinski definition) is 2. The molecule has 1 fully saturated rings. The fourth-order valence-corrected chi connectivity index (χ4v) is 2.00. The molecule has 1 atom stereocenters. The Balaban J connectivity index is 0.000000258. The van der Waals surface area contributed by atoms with Crippen molar-refractivity contribution in [3.05, 3.63) is 35.6 Å². The Kier molecular flexibility index (Phi) is 5.95. The summed E-state index contributed by atoms with van der Waals surface area (Å²) in [6.45, 7) is 2.26. The predicted molar refractivity (Wildman–Crippen MR) is 73.1 cm³/mol. The van der Waals surface area contributed by atoms with Gasteiger partial charge in [-0.25, -0.2) is 4.39 Å². The van der Waals surface area contributed by atoms with Crippen molar-refractivity contribution in [1.82, 2.24) is 4.90 Å². The molecule has 1 saturated heterocycles. The minimum Gasteiger partial charge on any atom is -0.370 e. The van der Waals surface area contributed by atoms with Crippen LogP contribution in [0, 0.1) is 5.82 Å². The number of nitrogens with zero attached hydrogens (tertiary/aromatic N) is 2. The number of carbonyl (C=O) groups is 1. The molecule has 0 saturated carbocycles. The zero-order valence-electron chi connectivity index (χ0n) is 10.9. The predicted octanol–water partition coefficient (Wildman–Crippen LogP) is 0.661. The zero-order chi connectivity index (χ0) is 14.3. The molecule has 6 heteroatoms. The first-order valence-electron chi connectivity index (χ1n) is 5.99. The van der Waals surface area contributed by atoms with E-state index in [4.69, 9.17) is 11.5 Å². The van der Waals surface area contributed by atoms with Crippen molar-refractivity contribution in [3.8, 4) is 0 Å². The molecule has 1 unspecified atom stereocenters. The highest BCUT2D eigenvalue weighted by Crippen LogP contribution is 2.25. The molecule has 1 aromatic rings. The number of guanidine groups is 1.